The fourth-order valence-corrected chi connectivity index (χ4v) is 2.56. The lowest BCUT2D eigenvalue weighted by Gasteiger charge is -2.19. The SMILES string of the molecule is COc1cccc(Nc2ccc3c(ccn3C(=O)OC(C)(C)C)c2)c1. The van der Waals surface area contributed by atoms with Crippen molar-refractivity contribution in [3.05, 3.63) is 54.7 Å². The highest BCUT2D eigenvalue weighted by Gasteiger charge is 2.18. The Morgan fingerprint density at radius 2 is 1.80 bits per heavy atom. The van der Waals surface area contributed by atoms with E-state index in [0.29, 0.717) is 0 Å². The summed E-state index contributed by atoms with van der Waals surface area (Å²) in [5, 5.41) is 4.30. The van der Waals surface area contributed by atoms with Crippen LogP contribution in [0.5, 0.6) is 5.75 Å². The van der Waals surface area contributed by atoms with Gasteiger partial charge in [-0.2, -0.15) is 0 Å². The van der Waals surface area contributed by atoms with Gasteiger partial charge in [0.15, 0.2) is 0 Å². The second kappa shape index (κ2) is 6.51. The number of hydrogen-bond donors (Lipinski definition) is 1. The van der Waals surface area contributed by atoms with Crippen LogP contribution in [0.2, 0.25) is 0 Å². The van der Waals surface area contributed by atoms with Gasteiger partial charge in [0.05, 0.1) is 12.6 Å². The number of carbonyl (C=O) groups excluding carboxylic acids is 1. The summed E-state index contributed by atoms with van der Waals surface area (Å²) in [5.74, 6) is 0.794. The first kappa shape index (κ1) is 16.9. The fourth-order valence-electron chi connectivity index (χ4n) is 2.56. The Labute approximate surface area is 147 Å². The quantitative estimate of drug-likeness (QED) is 0.715. The molecule has 3 rings (SSSR count). The van der Waals surface area contributed by atoms with Gasteiger partial charge in [0.2, 0.25) is 0 Å². The first-order chi connectivity index (χ1) is 11.9. The number of anilines is 2. The molecule has 5 heteroatoms. The molecule has 3 aromatic rings. The first-order valence-electron chi connectivity index (χ1n) is 8.11. The number of ether oxygens (including phenoxy) is 2. The minimum atomic E-state index is -0.526. The second-order valence-corrected chi connectivity index (χ2v) is 6.80. The largest absolute Gasteiger partial charge is 0.497 e. The highest BCUT2D eigenvalue weighted by Crippen LogP contribution is 2.25. The molecule has 0 spiro atoms. The fraction of sp³-hybridized carbons (Fsp3) is 0.250. The van der Waals surface area contributed by atoms with E-state index >= 15 is 0 Å². The highest BCUT2D eigenvalue weighted by atomic mass is 16.6. The summed E-state index contributed by atoms with van der Waals surface area (Å²) in [6.07, 6.45) is 1.35. The average molecular weight is 338 g/mol. The van der Waals surface area contributed by atoms with Gasteiger partial charge in [0, 0.05) is 29.0 Å². The molecule has 0 saturated carbocycles. The molecule has 0 fully saturated rings. The van der Waals surface area contributed by atoms with E-state index in [4.69, 9.17) is 9.47 Å². The van der Waals surface area contributed by atoms with Gasteiger partial charge in [-0.05, 0) is 57.2 Å². The van der Waals surface area contributed by atoms with Crippen molar-refractivity contribution in [2.75, 3.05) is 12.4 Å². The van der Waals surface area contributed by atoms with Crippen molar-refractivity contribution < 1.29 is 14.3 Å². The van der Waals surface area contributed by atoms with E-state index in [1.54, 1.807) is 13.3 Å². The molecule has 0 radical (unpaired) electrons. The Morgan fingerprint density at radius 1 is 1.04 bits per heavy atom. The second-order valence-electron chi connectivity index (χ2n) is 6.80. The number of methoxy groups -OCH3 is 1. The molecule has 0 atom stereocenters. The van der Waals surface area contributed by atoms with E-state index in [1.807, 2.05) is 69.3 Å². The summed E-state index contributed by atoms with van der Waals surface area (Å²) in [7, 11) is 1.64. The van der Waals surface area contributed by atoms with Gasteiger partial charge < -0.3 is 14.8 Å². The number of rotatable bonds is 3. The van der Waals surface area contributed by atoms with Crippen molar-refractivity contribution in [1.29, 1.82) is 0 Å². The van der Waals surface area contributed by atoms with Crippen LogP contribution in [0.25, 0.3) is 10.9 Å². The van der Waals surface area contributed by atoms with Crippen LogP contribution in [-0.2, 0) is 4.74 Å². The highest BCUT2D eigenvalue weighted by molar-refractivity contribution is 5.91. The maximum Gasteiger partial charge on any atom is 0.418 e. The van der Waals surface area contributed by atoms with Gasteiger partial charge in [0.25, 0.3) is 0 Å². The molecule has 0 unspecified atom stereocenters. The van der Waals surface area contributed by atoms with Crippen molar-refractivity contribution >= 4 is 28.4 Å². The van der Waals surface area contributed by atoms with E-state index < -0.39 is 5.60 Å². The molecule has 2 aromatic carbocycles. The van der Waals surface area contributed by atoms with E-state index in [9.17, 15) is 4.79 Å². The minimum Gasteiger partial charge on any atom is -0.497 e. The monoisotopic (exact) mass is 338 g/mol. The van der Waals surface area contributed by atoms with Crippen LogP contribution < -0.4 is 10.1 Å². The zero-order chi connectivity index (χ0) is 18.0. The Hall–Kier alpha value is -2.95. The molecule has 25 heavy (non-hydrogen) atoms. The van der Waals surface area contributed by atoms with E-state index in [0.717, 1.165) is 28.0 Å². The molecular formula is C20H22N2O3. The lowest BCUT2D eigenvalue weighted by Crippen LogP contribution is -2.26. The third-order valence-corrected chi connectivity index (χ3v) is 3.64. The van der Waals surface area contributed by atoms with Gasteiger partial charge in [-0.15, -0.1) is 0 Å². The van der Waals surface area contributed by atoms with Crippen LogP contribution in [0.3, 0.4) is 0 Å². The van der Waals surface area contributed by atoms with E-state index in [2.05, 4.69) is 5.32 Å². The van der Waals surface area contributed by atoms with Gasteiger partial charge >= 0.3 is 6.09 Å². The molecule has 130 valence electrons. The van der Waals surface area contributed by atoms with Crippen LogP contribution in [0.1, 0.15) is 20.8 Å². The summed E-state index contributed by atoms with van der Waals surface area (Å²) in [4.78, 5) is 12.3. The smallest absolute Gasteiger partial charge is 0.418 e. The molecule has 0 amide bonds. The van der Waals surface area contributed by atoms with Crippen LogP contribution in [0.15, 0.2) is 54.7 Å². The number of aromatic nitrogens is 1. The van der Waals surface area contributed by atoms with Crippen molar-refractivity contribution in [1.82, 2.24) is 4.57 Å². The maximum absolute atomic E-state index is 12.3. The van der Waals surface area contributed by atoms with E-state index in [1.165, 1.54) is 4.57 Å². The van der Waals surface area contributed by atoms with Crippen LogP contribution in [-0.4, -0.2) is 23.4 Å². The Bertz CT molecular complexity index is 907. The lowest BCUT2D eigenvalue weighted by atomic mass is 10.2. The Kier molecular flexibility index (Phi) is 4.40. The van der Waals surface area contributed by atoms with Gasteiger partial charge in [-0.1, -0.05) is 6.07 Å². The number of hydrogen-bond acceptors (Lipinski definition) is 4. The molecule has 0 bridgehead atoms. The standard InChI is InChI=1S/C20H22N2O3/c1-20(2,3)25-19(23)22-11-10-14-12-16(8-9-18(14)22)21-15-6-5-7-17(13-15)24-4/h5-13,21H,1-4H3. The van der Waals surface area contributed by atoms with Gasteiger partial charge in [-0.3, -0.25) is 4.57 Å². The summed E-state index contributed by atoms with van der Waals surface area (Å²) in [6, 6.07) is 15.5. The maximum atomic E-state index is 12.3. The summed E-state index contributed by atoms with van der Waals surface area (Å²) < 4.78 is 12.2. The third-order valence-electron chi connectivity index (χ3n) is 3.64. The number of benzene rings is 2. The lowest BCUT2D eigenvalue weighted by molar-refractivity contribution is 0.0544. The Morgan fingerprint density at radius 3 is 2.52 bits per heavy atom. The predicted octanol–water partition coefficient (Wildman–Crippen LogP) is 5.18. The van der Waals surface area contributed by atoms with E-state index in [-0.39, 0.29) is 6.09 Å². The van der Waals surface area contributed by atoms with Crippen molar-refractivity contribution in [2.45, 2.75) is 26.4 Å². The number of nitrogens with one attached hydrogen (secondary N) is 1. The number of fused-ring (bicyclic) bond motifs is 1. The molecular weight excluding hydrogens is 316 g/mol. The minimum absolute atomic E-state index is 0.379. The third kappa shape index (κ3) is 3.94. The number of carbonyl (C=O) groups is 1. The molecule has 5 nitrogen and oxygen atoms in total. The summed E-state index contributed by atoms with van der Waals surface area (Å²) in [5.41, 5.74) is 2.15. The normalized spacial score (nSPS) is 11.4. The zero-order valence-corrected chi connectivity index (χ0v) is 14.9. The molecule has 1 N–H and O–H groups in total. The first-order valence-corrected chi connectivity index (χ1v) is 8.11. The van der Waals surface area contributed by atoms with Gasteiger partial charge in [-0.25, -0.2) is 4.79 Å². The van der Waals surface area contributed by atoms with Crippen molar-refractivity contribution in [2.24, 2.45) is 0 Å². The van der Waals surface area contributed by atoms with Crippen molar-refractivity contribution in [3.63, 3.8) is 0 Å². The molecule has 1 aromatic heterocycles. The predicted molar refractivity (Wildman–Crippen MR) is 99.8 cm³/mol. The van der Waals surface area contributed by atoms with Crippen LogP contribution in [0.4, 0.5) is 16.2 Å². The molecule has 0 saturated heterocycles. The topological polar surface area (TPSA) is 52.5 Å². The van der Waals surface area contributed by atoms with Crippen molar-refractivity contribution in [3.8, 4) is 5.75 Å². The Balaban J connectivity index is 1.85. The molecule has 0 aliphatic rings. The van der Waals surface area contributed by atoms with Crippen LogP contribution >= 0.6 is 0 Å². The summed E-state index contributed by atoms with van der Waals surface area (Å²) >= 11 is 0. The van der Waals surface area contributed by atoms with Gasteiger partial charge in [0.1, 0.15) is 11.4 Å². The molecule has 0 aliphatic heterocycles. The molecule has 0 aliphatic carbocycles. The van der Waals surface area contributed by atoms with Crippen LogP contribution in [0, 0.1) is 0 Å². The molecule has 1 heterocycles. The number of nitrogens with zero attached hydrogens (tertiary/aromatic N) is 1. The zero-order valence-electron chi connectivity index (χ0n) is 14.9. The summed E-state index contributed by atoms with van der Waals surface area (Å²) in [6.45, 7) is 5.56. The average Bonchev–Trinajstić information content (AvgIpc) is 2.97.